The highest BCUT2D eigenvalue weighted by molar-refractivity contribution is 6.30. The van der Waals surface area contributed by atoms with Gasteiger partial charge in [0.05, 0.1) is 21.9 Å². The minimum absolute atomic E-state index is 0. The van der Waals surface area contributed by atoms with Gasteiger partial charge in [-0.25, -0.2) is 19.9 Å². The summed E-state index contributed by atoms with van der Waals surface area (Å²) < 4.78 is 0. The molecule has 0 amide bonds. The van der Waals surface area contributed by atoms with Crippen LogP contribution in [0, 0.1) is 0 Å². The van der Waals surface area contributed by atoms with Crippen LogP contribution >= 0.6 is 11.6 Å². The number of fused-ring (bicyclic) bond motifs is 1. The Bertz CT molecular complexity index is 1830. The van der Waals surface area contributed by atoms with Gasteiger partial charge in [0.15, 0.2) is 0 Å². The van der Waals surface area contributed by atoms with Crippen molar-refractivity contribution in [2.45, 2.75) is 146 Å². The molecule has 6 rings (SSSR count). The largest absolute Gasteiger partial charge is 0.261 e. The fourth-order valence-corrected chi connectivity index (χ4v) is 4.78. The van der Waals surface area contributed by atoms with Crippen LogP contribution in [0.4, 0.5) is 0 Å². The molecule has 5 heterocycles. The van der Waals surface area contributed by atoms with Gasteiger partial charge in [-0.2, -0.15) is 10.2 Å². The first-order valence-corrected chi connectivity index (χ1v) is 19.1. The molecular weight excluding hydrogens is 724 g/mol. The average Bonchev–Trinajstić information content (AvgIpc) is 3.12. The molecule has 0 fully saturated rings. The highest BCUT2D eigenvalue weighted by Gasteiger charge is 2.19. The van der Waals surface area contributed by atoms with Crippen LogP contribution in [0.1, 0.15) is 147 Å². The van der Waals surface area contributed by atoms with Crippen LogP contribution in [-0.2, 0) is 27.1 Å². The molecule has 0 saturated carbocycles. The van der Waals surface area contributed by atoms with E-state index in [1.807, 2.05) is 66.9 Å². The fraction of sp³-hybridized carbons (Fsp3) is 0.458. The van der Waals surface area contributed by atoms with Crippen molar-refractivity contribution in [1.82, 2.24) is 40.1 Å². The predicted octanol–water partition coefficient (Wildman–Crippen LogP) is 13.2. The number of benzene rings is 1. The van der Waals surface area contributed by atoms with Crippen molar-refractivity contribution < 1.29 is 0 Å². The van der Waals surface area contributed by atoms with Crippen LogP contribution in [0.3, 0.4) is 0 Å². The standard InChI is InChI=1S/C12H14N2.C9H12ClN.C9H13N.2C8H12N2.2CH4/c1-12(2,3)11-9-6-4-5-7-10(9)13-8-14-11;1-9(2,3)8-5-4-7(10)6-11-8;1-9(2,3)8-6-4-5-7-10-8;1-8(2,3)7-4-5-9-6-10-7;1-8(2,3)7-5-4-6-9-10-7;;/h4-8H,1-3H3;4-6H,1-3H3;4-7H,1-3H3;2*4-6H,1-3H3;2*1H4. The highest BCUT2D eigenvalue weighted by atomic mass is 35.5. The summed E-state index contributed by atoms with van der Waals surface area (Å²) >= 11 is 5.70. The van der Waals surface area contributed by atoms with E-state index in [2.05, 4.69) is 156 Å². The lowest BCUT2D eigenvalue weighted by atomic mass is 9.89. The van der Waals surface area contributed by atoms with Gasteiger partial charge >= 0.3 is 0 Å². The average molecular weight is 796 g/mol. The molecule has 8 nitrogen and oxygen atoms in total. The molecular formula is C48H71ClN8. The summed E-state index contributed by atoms with van der Waals surface area (Å²) in [6.45, 7) is 32.1. The third-order valence-corrected chi connectivity index (χ3v) is 8.10. The number of hydrogen-bond acceptors (Lipinski definition) is 8. The van der Waals surface area contributed by atoms with E-state index >= 15 is 0 Å². The highest BCUT2D eigenvalue weighted by Crippen LogP contribution is 2.26. The van der Waals surface area contributed by atoms with E-state index < -0.39 is 0 Å². The predicted molar refractivity (Wildman–Crippen MR) is 244 cm³/mol. The van der Waals surface area contributed by atoms with E-state index in [9.17, 15) is 0 Å². The van der Waals surface area contributed by atoms with Crippen molar-refractivity contribution in [3.8, 4) is 0 Å². The molecule has 310 valence electrons. The van der Waals surface area contributed by atoms with E-state index in [0.29, 0.717) is 5.02 Å². The van der Waals surface area contributed by atoms with E-state index in [-0.39, 0.29) is 41.9 Å². The summed E-state index contributed by atoms with van der Waals surface area (Å²) in [5.41, 5.74) is 7.11. The summed E-state index contributed by atoms with van der Waals surface area (Å²) in [5, 5.41) is 9.65. The monoisotopic (exact) mass is 795 g/mol. The molecule has 0 aliphatic carbocycles. The Morgan fingerprint density at radius 3 is 1.37 bits per heavy atom. The van der Waals surface area contributed by atoms with Crippen molar-refractivity contribution in [3.05, 3.63) is 144 Å². The van der Waals surface area contributed by atoms with Crippen molar-refractivity contribution in [2.75, 3.05) is 0 Å². The second kappa shape index (κ2) is 22.9. The molecule has 0 aliphatic heterocycles. The van der Waals surface area contributed by atoms with Gasteiger partial charge in [-0.05, 0) is 48.5 Å². The smallest absolute Gasteiger partial charge is 0.116 e. The third-order valence-electron chi connectivity index (χ3n) is 7.87. The molecule has 0 aliphatic rings. The number of hydrogen-bond donors (Lipinski definition) is 0. The number of rotatable bonds is 0. The van der Waals surface area contributed by atoms with Crippen LogP contribution in [0.25, 0.3) is 10.9 Å². The second-order valence-electron chi connectivity index (χ2n) is 18.3. The Morgan fingerprint density at radius 1 is 0.421 bits per heavy atom. The maximum atomic E-state index is 5.70. The molecule has 9 heteroatoms. The first kappa shape index (κ1) is 52.3. The van der Waals surface area contributed by atoms with Gasteiger partial charge in [0.1, 0.15) is 12.7 Å². The molecule has 0 atom stereocenters. The number of nitrogens with zero attached hydrogens (tertiary/aromatic N) is 8. The van der Waals surface area contributed by atoms with Gasteiger partial charge in [0.2, 0.25) is 0 Å². The summed E-state index contributed by atoms with van der Waals surface area (Å²) in [6, 6.07) is 23.8. The lowest BCUT2D eigenvalue weighted by molar-refractivity contribution is 0.558. The molecule has 0 N–H and O–H groups in total. The summed E-state index contributed by atoms with van der Waals surface area (Å²) in [7, 11) is 0. The zero-order valence-corrected chi connectivity index (χ0v) is 36.6. The Balaban J connectivity index is 0.000000687. The van der Waals surface area contributed by atoms with Crippen molar-refractivity contribution >= 4 is 22.5 Å². The summed E-state index contributed by atoms with van der Waals surface area (Å²) in [6.07, 6.45) is 10.2. The van der Waals surface area contributed by atoms with Gasteiger partial charge < -0.3 is 0 Å². The van der Waals surface area contributed by atoms with Crippen molar-refractivity contribution in [1.29, 1.82) is 0 Å². The lowest BCUT2D eigenvalue weighted by Crippen LogP contribution is -2.14. The van der Waals surface area contributed by atoms with Gasteiger partial charge in [0.25, 0.3) is 0 Å². The molecule has 1 aromatic carbocycles. The molecule has 6 aromatic rings. The SMILES string of the molecule is C.C.CC(C)(C)c1ccc(Cl)cn1.CC(C)(C)c1ccccn1.CC(C)(C)c1cccnn1.CC(C)(C)c1ccncn1.CC(C)(C)c1ncnc2ccccc12. The first-order chi connectivity index (χ1) is 25.4. The number of aromatic nitrogens is 8. The van der Waals surface area contributed by atoms with E-state index in [0.717, 1.165) is 39.4 Å². The first-order valence-electron chi connectivity index (χ1n) is 18.7. The van der Waals surface area contributed by atoms with Gasteiger partial charge in [-0.15, -0.1) is 0 Å². The van der Waals surface area contributed by atoms with Gasteiger partial charge in [0, 0.05) is 74.3 Å². The minimum Gasteiger partial charge on any atom is -0.261 e. The number of halogens is 1. The van der Waals surface area contributed by atoms with Crippen LogP contribution in [0.15, 0.2) is 110 Å². The normalized spacial score (nSPS) is 11.2. The summed E-state index contributed by atoms with van der Waals surface area (Å²) in [4.78, 5) is 25.1. The molecule has 0 bridgehead atoms. The second-order valence-corrected chi connectivity index (χ2v) is 18.7. The Morgan fingerprint density at radius 2 is 0.965 bits per heavy atom. The van der Waals surface area contributed by atoms with Crippen LogP contribution in [0.5, 0.6) is 0 Å². The third kappa shape index (κ3) is 19.3. The van der Waals surface area contributed by atoms with Crippen LogP contribution in [0.2, 0.25) is 5.02 Å². The maximum Gasteiger partial charge on any atom is 0.116 e. The Hall–Kier alpha value is -4.69. The van der Waals surface area contributed by atoms with E-state index in [1.54, 1.807) is 31.2 Å². The quantitative estimate of drug-likeness (QED) is 0.150. The molecule has 0 spiro atoms. The number of para-hydroxylation sites is 1. The topological polar surface area (TPSA) is 103 Å². The maximum absolute atomic E-state index is 5.70. The van der Waals surface area contributed by atoms with E-state index in [4.69, 9.17) is 11.6 Å². The van der Waals surface area contributed by atoms with Crippen molar-refractivity contribution in [3.63, 3.8) is 0 Å². The Labute approximate surface area is 350 Å². The Kier molecular flexibility index (Phi) is 21.0. The summed E-state index contributed by atoms with van der Waals surface area (Å²) in [5.74, 6) is 0. The van der Waals surface area contributed by atoms with Crippen molar-refractivity contribution in [2.24, 2.45) is 0 Å². The van der Waals surface area contributed by atoms with Crippen LogP contribution < -0.4 is 0 Å². The van der Waals surface area contributed by atoms with Crippen LogP contribution in [-0.4, -0.2) is 40.1 Å². The molecule has 0 saturated heterocycles. The molecule has 5 aromatic heterocycles. The van der Waals surface area contributed by atoms with E-state index in [1.165, 1.54) is 0 Å². The fourth-order valence-electron chi connectivity index (χ4n) is 4.66. The molecule has 57 heavy (non-hydrogen) atoms. The van der Waals surface area contributed by atoms with Gasteiger partial charge in [-0.1, -0.05) is 155 Å². The lowest BCUT2D eigenvalue weighted by Gasteiger charge is -2.18. The molecule has 0 radical (unpaired) electrons. The zero-order valence-electron chi connectivity index (χ0n) is 35.8. The van der Waals surface area contributed by atoms with Gasteiger partial charge in [-0.3, -0.25) is 9.97 Å². The molecule has 0 unspecified atom stereocenters. The zero-order chi connectivity index (χ0) is 41.5. The number of pyridine rings is 2. The minimum atomic E-state index is 0.